The Bertz CT molecular complexity index is 477. The molecule has 0 saturated heterocycles. The zero-order valence-electron chi connectivity index (χ0n) is 11.9. The van der Waals surface area contributed by atoms with Crippen LogP contribution in [0.25, 0.3) is 0 Å². The summed E-state index contributed by atoms with van der Waals surface area (Å²) in [7, 11) is 1.31. The maximum Gasteiger partial charge on any atom is 0.376 e. The number of rotatable bonds is 4. The molecule has 0 fully saturated rings. The third kappa shape index (κ3) is 2.10. The first-order chi connectivity index (χ1) is 9.09. The molecular formula is C15H20O4. The van der Waals surface area contributed by atoms with E-state index in [1.807, 2.05) is 12.1 Å². The van der Waals surface area contributed by atoms with E-state index in [9.17, 15) is 4.79 Å². The Balaban J connectivity index is 2.45. The number of benzene rings is 1. The van der Waals surface area contributed by atoms with Crippen LogP contribution in [0.3, 0.4) is 0 Å². The summed E-state index contributed by atoms with van der Waals surface area (Å²) in [5, 5.41) is 0. The maximum atomic E-state index is 11.9. The van der Waals surface area contributed by atoms with Crippen molar-refractivity contribution in [2.24, 2.45) is 0 Å². The molecule has 1 heterocycles. The second kappa shape index (κ2) is 5.21. The van der Waals surface area contributed by atoms with E-state index >= 15 is 0 Å². The molecule has 1 aromatic rings. The van der Waals surface area contributed by atoms with Gasteiger partial charge in [0.25, 0.3) is 0 Å². The largest absolute Gasteiger partial charge is 0.485 e. The lowest BCUT2D eigenvalue weighted by Crippen LogP contribution is -2.35. The highest BCUT2D eigenvalue weighted by Crippen LogP contribution is 2.49. The topological polar surface area (TPSA) is 44.8 Å². The summed E-state index contributed by atoms with van der Waals surface area (Å²) >= 11 is 0. The molecule has 104 valence electrons. The van der Waals surface area contributed by atoms with Crippen LogP contribution < -0.4 is 4.74 Å². The van der Waals surface area contributed by atoms with Crippen LogP contribution in [0.5, 0.6) is 5.75 Å². The van der Waals surface area contributed by atoms with Crippen molar-refractivity contribution < 1.29 is 19.3 Å². The fourth-order valence-electron chi connectivity index (χ4n) is 2.87. The summed E-state index contributed by atoms with van der Waals surface area (Å²) in [5.74, 6) is 0.378. The van der Waals surface area contributed by atoms with Gasteiger partial charge < -0.3 is 4.74 Å². The first kappa shape index (κ1) is 13.9. The molecule has 0 aromatic heterocycles. The number of para-hydroxylation sites is 1. The minimum atomic E-state index is -0.519. The molecule has 1 aliphatic rings. The normalized spacial score (nSPS) is 19.7. The molecular weight excluding hydrogens is 244 g/mol. The first-order valence-electron chi connectivity index (χ1n) is 6.66. The predicted molar refractivity (Wildman–Crippen MR) is 71.2 cm³/mol. The molecule has 4 nitrogen and oxygen atoms in total. The minimum Gasteiger partial charge on any atom is -0.485 e. The Morgan fingerprint density at radius 3 is 2.63 bits per heavy atom. The second-order valence-electron chi connectivity index (χ2n) is 4.86. The lowest BCUT2D eigenvalue weighted by Gasteiger charge is -2.30. The number of carbonyl (C=O) groups excluding carboxylic acids is 1. The van der Waals surface area contributed by atoms with Crippen LogP contribution in [0, 0.1) is 0 Å². The van der Waals surface area contributed by atoms with Crippen molar-refractivity contribution >= 4 is 5.97 Å². The molecule has 2 rings (SSSR count). The SMILES string of the molecule is CCC1(CC)Oc2c(C(=O)OOC)cccc2C1C. The predicted octanol–water partition coefficient (Wildman–Crippen LogP) is 3.46. The summed E-state index contributed by atoms with van der Waals surface area (Å²) in [6, 6.07) is 5.57. The third-order valence-electron chi connectivity index (χ3n) is 4.18. The van der Waals surface area contributed by atoms with E-state index in [1.165, 1.54) is 7.11 Å². The number of ether oxygens (including phenoxy) is 1. The summed E-state index contributed by atoms with van der Waals surface area (Å²) in [5.41, 5.74) is 1.26. The van der Waals surface area contributed by atoms with Crippen LogP contribution in [0.2, 0.25) is 0 Å². The molecule has 0 spiro atoms. The van der Waals surface area contributed by atoms with Gasteiger partial charge in [0, 0.05) is 11.5 Å². The van der Waals surface area contributed by atoms with Gasteiger partial charge in [0.15, 0.2) is 0 Å². The van der Waals surface area contributed by atoms with Crippen LogP contribution in [0.15, 0.2) is 18.2 Å². The third-order valence-corrected chi connectivity index (χ3v) is 4.18. The van der Waals surface area contributed by atoms with E-state index in [2.05, 4.69) is 30.5 Å². The number of hydrogen-bond acceptors (Lipinski definition) is 4. The Labute approximate surface area is 113 Å². The van der Waals surface area contributed by atoms with Gasteiger partial charge in [-0.2, -0.15) is 4.89 Å². The second-order valence-corrected chi connectivity index (χ2v) is 4.86. The molecule has 0 radical (unpaired) electrons. The molecule has 0 aliphatic carbocycles. The van der Waals surface area contributed by atoms with Crippen molar-refractivity contribution in [3.8, 4) is 5.75 Å². The molecule has 1 aromatic carbocycles. The Morgan fingerprint density at radius 1 is 1.37 bits per heavy atom. The average molecular weight is 264 g/mol. The van der Waals surface area contributed by atoms with Crippen molar-refractivity contribution in [3.05, 3.63) is 29.3 Å². The molecule has 19 heavy (non-hydrogen) atoms. The molecule has 0 amide bonds. The van der Waals surface area contributed by atoms with Crippen molar-refractivity contribution in [1.29, 1.82) is 0 Å². The van der Waals surface area contributed by atoms with Crippen LogP contribution in [0.4, 0.5) is 0 Å². The zero-order chi connectivity index (χ0) is 14.0. The van der Waals surface area contributed by atoms with E-state index < -0.39 is 5.97 Å². The number of fused-ring (bicyclic) bond motifs is 1. The molecule has 4 heteroatoms. The van der Waals surface area contributed by atoms with Crippen LogP contribution in [0.1, 0.15) is 55.5 Å². The molecule has 0 bridgehead atoms. The smallest absolute Gasteiger partial charge is 0.376 e. The van der Waals surface area contributed by atoms with Crippen molar-refractivity contribution in [3.63, 3.8) is 0 Å². The number of hydrogen-bond donors (Lipinski definition) is 0. The average Bonchev–Trinajstić information content (AvgIpc) is 2.72. The lowest BCUT2D eigenvalue weighted by atomic mass is 9.81. The summed E-state index contributed by atoms with van der Waals surface area (Å²) in [6.45, 7) is 6.36. The Hall–Kier alpha value is -1.55. The van der Waals surface area contributed by atoms with Crippen molar-refractivity contribution in [2.75, 3.05) is 7.11 Å². The fraction of sp³-hybridized carbons (Fsp3) is 0.533. The van der Waals surface area contributed by atoms with E-state index in [0.717, 1.165) is 18.4 Å². The van der Waals surface area contributed by atoms with Gasteiger partial charge in [0.1, 0.15) is 16.9 Å². The monoisotopic (exact) mass is 264 g/mol. The highest BCUT2D eigenvalue weighted by atomic mass is 17.2. The summed E-state index contributed by atoms with van der Waals surface area (Å²) in [6.07, 6.45) is 1.80. The molecule has 1 unspecified atom stereocenters. The van der Waals surface area contributed by atoms with Gasteiger partial charge in [-0.05, 0) is 18.9 Å². The summed E-state index contributed by atoms with van der Waals surface area (Å²) in [4.78, 5) is 20.9. The lowest BCUT2D eigenvalue weighted by molar-refractivity contribution is -0.216. The van der Waals surface area contributed by atoms with Gasteiger partial charge in [-0.3, -0.25) is 4.89 Å². The highest BCUT2D eigenvalue weighted by Gasteiger charge is 2.44. The zero-order valence-corrected chi connectivity index (χ0v) is 11.9. The van der Waals surface area contributed by atoms with Crippen molar-refractivity contribution in [2.45, 2.75) is 45.1 Å². The molecule has 1 aliphatic heterocycles. The fourth-order valence-corrected chi connectivity index (χ4v) is 2.87. The summed E-state index contributed by atoms with van der Waals surface area (Å²) < 4.78 is 6.15. The van der Waals surface area contributed by atoms with E-state index in [-0.39, 0.29) is 11.5 Å². The Kier molecular flexibility index (Phi) is 3.80. The van der Waals surface area contributed by atoms with Gasteiger partial charge in [0.2, 0.25) is 0 Å². The van der Waals surface area contributed by atoms with Gasteiger partial charge >= 0.3 is 5.97 Å². The number of carbonyl (C=O) groups is 1. The molecule has 1 atom stereocenters. The quantitative estimate of drug-likeness (QED) is 0.617. The van der Waals surface area contributed by atoms with E-state index in [1.54, 1.807) is 6.07 Å². The van der Waals surface area contributed by atoms with Crippen LogP contribution in [-0.2, 0) is 9.78 Å². The van der Waals surface area contributed by atoms with Crippen molar-refractivity contribution in [1.82, 2.24) is 0 Å². The molecule has 0 saturated carbocycles. The van der Waals surface area contributed by atoms with Gasteiger partial charge in [0.05, 0.1) is 7.11 Å². The van der Waals surface area contributed by atoms with E-state index in [0.29, 0.717) is 11.3 Å². The molecule has 0 N–H and O–H groups in total. The van der Waals surface area contributed by atoms with Gasteiger partial charge in [-0.15, -0.1) is 0 Å². The standard InChI is InChI=1S/C15H20O4/c1-5-15(6-2)10(3)11-8-7-9-12(13(11)18-15)14(16)19-17-4/h7-10H,5-6H2,1-4H3. The van der Waals surface area contributed by atoms with E-state index in [4.69, 9.17) is 4.74 Å². The Morgan fingerprint density at radius 2 is 2.05 bits per heavy atom. The van der Waals surface area contributed by atoms with Crippen LogP contribution in [-0.4, -0.2) is 18.7 Å². The highest BCUT2D eigenvalue weighted by molar-refractivity contribution is 5.93. The maximum absolute atomic E-state index is 11.9. The first-order valence-corrected chi connectivity index (χ1v) is 6.66. The van der Waals surface area contributed by atoms with Crippen LogP contribution >= 0.6 is 0 Å². The minimum absolute atomic E-state index is 0.230. The van der Waals surface area contributed by atoms with Gasteiger partial charge in [-0.25, -0.2) is 4.79 Å². The van der Waals surface area contributed by atoms with Gasteiger partial charge in [-0.1, -0.05) is 32.9 Å².